The summed E-state index contributed by atoms with van der Waals surface area (Å²) in [6.07, 6.45) is 1.41. The summed E-state index contributed by atoms with van der Waals surface area (Å²) < 4.78 is 0. The molecule has 0 aliphatic carbocycles. The summed E-state index contributed by atoms with van der Waals surface area (Å²) in [5.41, 5.74) is 1.72. The van der Waals surface area contributed by atoms with Gasteiger partial charge in [0.25, 0.3) is 5.91 Å². The Hall–Kier alpha value is -1.69. The number of hydrogen-bond acceptors (Lipinski definition) is 4. The van der Waals surface area contributed by atoms with Crippen LogP contribution < -0.4 is 5.32 Å². The molecule has 2 aromatic heterocycles. The van der Waals surface area contributed by atoms with Crippen LogP contribution in [0, 0.1) is 6.92 Å². The molecule has 2 heterocycles. The number of hydrogen-bond donors (Lipinski definition) is 2. The van der Waals surface area contributed by atoms with Gasteiger partial charge in [0.1, 0.15) is 12.2 Å². The predicted molar refractivity (Wildman–Crippen MR) is 56.6 cm³/mol. The van der Waals surface area contributed by atoms with Crippen LogP contribution in [0.3, 0.4) is 0 Å². The number of thiophene rings is 1. The Morgan fingerprint density at radius 3 is 3.07 bits per heavy atom. The first-order valence-corrected chi connectivity index (χ1v) is 5.37. The van der Waals surface area contributed by atoms with Gasteiger partial charge in [-0.25, -0.2) is 4.98 Å². The third kappa shape index (κ3) is 2.21. The second-order valence-corrected chi connectivity index (χ2v) is 3.83. The molecule has 0 unspecified atom stereocenters. The van der Waals surface area contributed by atoms with E-state index in [2.05, 4.69) is 20.5 Å². The number of aromatic nitrogens is 3. The van der Waals surface area contributed by atoms with Crippen molar-refractivity contribution in [3.05, 3.63) is 34.0 Å². The van der Waals surface area contributed by atoms with E-state index < -0.39 is 0 Å². The fourth-order valence-corrected chi connectivity index (χ4v) is 2.00. The molecule has 0 bridgehead atoms. The molecule has 0 atom stereocenters. The van der Waals surface area contributed by atoms with Crippen LogP contribution in [0.4, 0.5) is 0 Å². The maximum Gasteiger partial charge on any atom is 0.252 e. The van der Waals surface area contributed by atoms with E-state index >= 15 is 0 Å². The summed E-state index contributed by atoms with van der Waals surface area (Å²) in [6, 6.07) is 0. The van der Waals surface area contributed by atoms with Crippen LogP contribution in [0.2, 0.25) is 0 Å². The number of aromatic amines is 1. The first-order chi connectivity index (χ1) is 7.27. The minimum atomic E-state index is -0.0786. The zero-order chi connectivity index (χ0) is 10.7. The van der Waals surface area contributed by atoms with Crippen LogP contribution in [0.15, 0.2) is 17.1 Å². The second kappa shape index (κ2) is 4.22. The smallest absolute Gasteiger partial charge is 0.252 e. The van der Waals surface area contributed by atoms with Crippen molar-refractivity contribution in [2.45, 2.75) is 13.5 Å². The lowest BCUT2D eigenvalue weighted by Crippen LogP contribution is -2.23. The van der Waals surface area contributed by atoms with E-state index in [1.54, 1.807) is 0 Å². The molecule has 78 valence electrons. The molecule has 2 aromatic rings. The lowest BCUT2D eigenvalue weighted by molar-refractivity contribution is 0.0950. The number of amides is 1. The number of carbonyl (C=O) groups is 1. The number of nitrogens with one attached hydrogen (secondary N) is 2. The number of nitrogens with zero attached hydrogens (tertiary/aromatic N) is 2. The highest BCUT2D eigenvalue weighted by Gasteiger charge is 2.09. The van der Waals surface area contributed by atoms with E-state index in [1.807, 2.05) is 17.7 Å². The topological polar surface area (TPSA) is 70.7 Å². The largest absolute Gasteiger partial charge is 0.345 e. The molecule has 0 aliphatic rings. The molecule has 0 aliphatic heterocycles. The molecule has 0 saturated heterocycles. The van der Waals surface area contributed by atoms with Gasteiger partial charge in [-0.2, -0.15) is 16.4 Å². The molecule has 1 amide bonds. The molecule has 15 heavy (non-hydrogen) atoms. The van der Waals surface area contributed by atoms with E-state index in [4.69, 9.17) is 0 Å². The highest BCUT2D eigenvalue weighted by molar-refractivity contribution is 7.08. The van der Waals surface area contributed by atoms with Crippen LogP contribution in [0.25, 0.3) is 0 Å². The van der Waals surface area contributed by atoms with Crippen LogP contribution in [0.5, 0.6) is 0 Å². The summed E-state index contributed by atoms with van der Waals surface area (Å²) in [7, 11) is 0. The van der Waals surface area contributed by atoms with Gasteiger partial charge < -0.3 is 5.32 Å². The molecule has 0 aromatic carbocycles. The number of carbonyl (C=O) groups excluding carboxylic acids is 1. The minimum Gasteiger partial charge on any atom is -0.345 e. The van der Waals surface area contributed by atoms with E-state index in [0.29, 0.717) is 12.4 Å². The Bertz CT molecular complexity index is 448. The van der Waals surface area contributed by atoms with Crippen LogP contribution in [-0.4, -0.2) is 21.1 Å². The molecular formula is C9H10N4OS. The van der Waals surface area contributed by atoms with Crippen molar-refractivity contribution in [2.24, 2.45) is 0 Å². The Morgan fingerprint density at radius 1 is 1.60 bits per heavy atom. The van der Waals surface area contributed by atoms with Gasteiger partial charge in [0.2, 0.25) is 0 Å². The molecule has 2 rings (SSSR count). The predicted octanol–water partition coefficient (Wildman–Crippen LogP) is 1.10. The lowest BCUT2D eigenvalue weighted by Gasteiger charge is -2.01. The Labute approximate surface area is 90.6 Å². The maximum atomic E-state index is 11.7. The van der Waals surface area contributed by atoms with Crippen LogP contribution in [-0.2, 0) is 6.54 Å². The second-order valence-electron chi connectivity index (χ2n) is 3.08. The van der Waals surface area contributed by atoms with Crippen molar-refractivity contribution in [1.29, 1.82) is 0 Å². The number of H-pyrrole nitrogens is 1. The Kier molecular flexibility index (Phi) is 2.77. The van der Waals surface area contributed by atoms with Crippen molar-refractivity contribution >= 4 is 17.2 Å². The van der Waals surface area contributed by atoms with Crippen molar-refractivity contribution in [2.75, 3.05) is 0 Å². The van der Waals surface area contributed by atoms with Crippen LogP contribution >= 0.6 is 11.3 Å². The van der Waals surface area contributed by atoms with Crippen molar-refractivity contribution in [1.82, 2.24) is 20.5 Å². The molecule has 6 heteroatoms. The highest BCUT2D eigenvalue weighted by atomic mass is 32.1. The monoisotopic (exact) mass is 222 g/mol. The van der Waals surface area contributed by atoms with E-state index in [9.17, 15) is 4.79 Å². The molecule has 5 nitrogen and oxygen atoms in total. The van der Waals surface area contributed by atoms with Gasteiger partial charge >= 0.3 is 0 Å². The average molecular weight is 222 g/mol. The number of rotatable bonds is 3. The Balaban J connectivity index is 1.96. The van der Waals surface area contributed by atoms with Crippen LogP contribution in [0.1, 0.15) is 21.7 Å². The minimum absolute atomic E-state index is 0.0786. The summed E-state index contributed by atoms with van der Waals surface area (Å²) >= 11 is 1.52. The molecule has 0 spiro atoms. The van der Waals surface area contributed by atoms with Gasteiger partial charge in [0.15, 0.2) is 0 Å². The zero-order valence-corrected chi connectivity index (χ0v) is 8.97. The molecule has 0 fully saturated rings. The maximum absolute atomic E-state index is 11.7. The third-order valence-corrected chi connectivity index (χ3v) is 2.84. The van der Waals surface area contributed by atoms with Gasteiger partial charge in [-0.15, -0.1) is 0 Å². The van der Waals surface area contributed by atoms with Gasteiger partial charge in [0, 0.05) is 5.38 Å². The first kappa shape index (κ1) is 9.85. The van der Waals surface area contributed by atoms with Crippen molar-refractivity contribution in [3.8, 4) is 0 Å². The quantitative estimate of drug-likeness (QED) is 0.817. The standard InChI is InChI=1S/C9H10N4OS/c1-6-3-15-4-7(6)9(14)10-2-8-11-5-12-13-8/h3-5H,2H2,1H3,(H,10,14)(H,11,12,13). The van der Waals surface area contributed by atoms with E-state index in [1.165, 1.54) is 17.7 Å². The summed E-state index contributed by atoms with van der Waals surface area (Å²) in [4.78, 5) is 15.6. The summed E-state index contributed by atoms with van der Waals surface area (Å²) in [5, 5.41) is 12.9. The SMILES string of the molecule is Cc1cscc1C(=O)NCc1ncn[nH]1. The van der Waals surface area contributed by atoms with Gasteiger partial charge in [-0.1, -0.05) is 0 Å². The first-order valence-electron chi connectivity index (χ1n) is 4.42. The van der Waals surface area contributed by atoms with Crippen molar-refractivity contribution < 1.29 is 4.79 Å². The van der Waals surface area contributed by atoms with Crippen molar-refractivity contribution in [3.63, 3.8) is 0 Å². The molecule has 2 N–H and O–H groups in total. The van der Waals surface area contributed by atoms with E-state index in [-0.39, 0.29) is 5.91 Å². The average Bonchev–Trinajstić information content (AvgIpc) is 2.84. The fraction of sp³-hybridized carbons (Fsp3) is 0.222. The molecule has 0 radical (unpaired) electrons. The number of aryl methyl sites for hydroxylation is 1. The lowest BCUT2D eigenvalue weighted by atomic mass is 10.2. The zero-order valence-electron chi connectivity index (χ0n) is 8.15. The van der Waals surface area contributed by atoms with E-state index in [0.717, 1.165) is 11.1 Å². The molecular weight excluding hydrogens is 212 g/mol. The fourth-order valence-electron chi connectivity index (χ4n) is 1.17. The van der Waals surface area contributed by atoms with Gasteiger partial charge in [0.05, 0.1) is 12.1 Å². The molecule has 0 saturated carbocycles. The third-order valence-electron chi connectivity index (χ3n) is 1.98. The highest BCUT2D eigenvalue weighted by Crippen LogP contribution is 2.13. The normalized spacial score (nSPS) is 10.2. The summed E-state index contributed by atoms with van der Waals surface area (Å²) in [6.45, 7) is 2.29. The van der Waals surface area contributed by atoms with Gasteiger partial charge in [-0.3, -0.25) is 9.89 Å². The summed E-state index contributed by atoms with van der Waals surface area (Å²) in [5.74, 6) is 0.571. The van der Waals surface area contributed by atoms with Gasteiger partial charge in [-0.05, 0) is 17.9 Å². The Morgan fingerprint density at radius 2 is 2.47 bits per heavy atom.